The van der Waals surface area contributed by atoms with Gasteiger partial charge >= 0.3 is 6.36 Å². The summed E-state index contributed by atoms with van der Waals surface area (Å²) in [6.07, 6.45) is -1.72. The van der Waals surface area contributed by atoms with Gasteiger partial charge in [0, 0.05) is 23.1 Å². The fraction of sp³-hybridized carbons (Fsp3) is 0.143. The van der Waals surface area contributed by atoms with Crippen LogP contribution in [-0.4, -0.2) is 22.2 Å². The van der Waals surface area contributed by atoms with Gasteiger partial charge in [-0.05, 0) is 31.2 Å². The molecular weight excluding hydrogens is 299 g/mol. The number of fused-ring (bicyclic) bond motifs is 1. The Hall–Kier alpha value is -2.77. The lowest BCUT2D eigenvalue weighted by atomic mass is 10.1. The van der Waals surface area contributed by atoms with Crippen LogP contribution < -0.4 is 10.1 Å². The van der Waals surface area contributed by atoms with E-state index in [2.05, 4.69) is 20.0 Å². The molecule has 0 saturated heterocycles. The molecule has 3 rings (SSSR count). The number of nitrogens with one attached hydrogen (secondary N) is 2. The average Bonchev–Trinajstić information content (AvgIpc) is 2.93. The molecule has 0 bridgehead atoms. The van der Waals surface area contributed by atoms with Crippen LogP contribution in [0.5, 0.6) is 5.75 Å². The van der Waals surface area contributed by atoms with E-state index in [4.69, 9.17) is 0 Å². The van der Waals surface area contributed by atoms with Crippen molar-refractivity contribution in [2.45, 2.75) is 13.3 Å². The van der Waals surface area contributed by atoms with Gasteiger partial charge in [-0.25, -0.2) is 4.98 Å². The number of hydrogen-bond acceptors (Lipinski definition) is 3. The number of benzene rings is 1. The Morgan fingerprint density at radius 1 is 1.32 bits per heavy atom. The van der Waals surface area contributed by atoms with E-state index in [1.807, 2.05) is 0 Å². The summed E-state index contributed by atoms with van der Waals surface area (Å²) in [5, 5.41) is 2.58. The molecule has 0 fully saturated rings. The summed E-state index contributed by atoms with van der Waals surface area (Å²) in [5.74, 6) is -0.352. The molecule has 1 aromatic heterocycles. The quantitative estimate of drug-likeness (QED) is 0.838. The lowest BCUT2D eigenvalue weighted by Gasteiger charge is -2.09. The van der Waals surface area contributed by atoms with Crippen LogP contribution in [0, 0.1) is 6.92 Å². The largest absolute Gasteiger partial charge is 0.573 e. The normalized spacial score (nSPS) is 15.8. The fourth-order valence-corrected chi connectivity index (χ4v) is 2.15. The monoisotopic (exact) mass is 309 g/mol. The molecule has 2 heterocycles. The van der Waals surface area contributed by atoms with Crippen molar-refractivity contribution in [3.63, 3.8) is 0 Å². The summed E-state index contributed by atoms with van der Waals surface area (Å²) in [5.41, 5.74) is 1.78. The summed E-state index contributed by atoms with van der Waals surface area (Å²) in [7, 11) is 0. The Labute approximate surface area is 122 Å². The number of amides is 1. The highest BCUT2D eigenvalue weighted by Gasteiger charge is 2.32. The molecule has 2 aromatic rings. The second-order valence-corrected chi connectivity index (χ2v) is 4.72. The molecule has 1 aliphatic rings. The van der Waals surface area contributed by atoms with Crippen molar-refractivity contribution >= 4 is 23.2 Å². The zero-order valence-corrected chi connectivity index (χ0v) is 11.3. The number of aromatic amines is 1. The van der Waals surface area contributed by atoms with Crippen molar-refractivity contribution in [1.82, 2.24) is 9.97 Å². The number of alkyl halides is 3. The molecule has 8 heteroatoms. The standard InChI is InChI=1S/C14H10F3N3O2/c1-7-6-18-12(19-7)5-10-9-4-8(22-14(15,16)17)2-3-11(9)20-13(10)21/h2-6H,1H3,(H,18,19)(H,20,21). The number of halogens is 3. The second kappa shape index (κ2) is 4.90. The van der Waals surface area contributed by atoms with Gasteiger partial charge in [0.15, 0.2) is 0 Å². The summed E-state index contributed by atoms with van der Waals surface area (Å²) < 4.78 is 40.7. The molecule has 0 saturated carbocycles. The van der Waals surface area contributed by atoms with Crippen molar-refractivity contribution in [2.24, 2.45) is 0 Å². The molecule has 22 heavy (non-hydrogen) atoms. The van der Waals surface area contributed by atoms with Gasteiger partial charge in [0.25, 0.3) is 5.91 Å². The smallest absolute Gasteiger partial charge is 0.406 e. The van der Waals surface area contributed by atoms with Crippen molar-refractivity contribution in [2.75, 3.05) is 5.32 Å². The molecule has 1 aliphatic heterocycles. The molecule has 1 amide bonds. The molecule has 114 valence electrons. The van der Waals surface area contributed by atoms with Crippen molar-refractivity contribution < 1.29 is 22.7 Å². The number of imidazole rings is 1. The number of carbonyl (C=O) groups is 1. The zero-order valence-electron chi connectivity index (χ0n) is 11.3. The number of ether oxygens (including phenoxy) is 1. The third kappa shape index (κ3) is 2.80. The number of hydrogen-bond donors (Lipinski definition) is 2. The maximum absolute atomic E-state index is 12.3. The van der Waals surface area contributed by atoms with E-state index in [0.717, 1.165) is 11.8 Å². The average molecular weight is 309 g/mol. The molecule has 2 N–H and O–H groups in total. The minimum absolute atomic E-state index is 0.219. The fourth-order valence-electron chi connectivity index (χ4n) is 2.15. The third-order valence-corrected chi connectivity index (χ3v) is 3.01. The van der Waals surface area contributed by atoms with Crippen LogP contribution in [0.3, 0.4) is 0 Å². The summed E-state index contributed by atoms with van der Waals surface area (Å²) in [6.45, 7) is 1.80. The second-order valence-electron chi connectivity index (χ2n) is 4.72. The van der Waals surface area contributed by atoms with Gasteiger partial charge in [0.2, 0.25) is 0 Å². The topological polar surface area (TPSA) is 67.0 Å². The molecule has 0 aliphatic carbocycles. The van der Waals surface area contributed by atoms with Gasteiger partial charge in [0.1, 0.15) is 11.6 Å². The first-order chi connectivity index (χ1) is 10.3. The highest BCUT2D eigenvalue weighted by molar-refractivity contribution is 6.34. The first-order valence-corrected chi connectivity index (χ1v) is 6.27. The van der Waals surface area contributed by atoms with E-state index >= 15 is 0 Å². The van der Waals surface area contributed by atoms with Crippen LogP contribution in [0.15, 0.2) is 24.4 Å². The van der Waals surface area contributed by atoms with Crippen molar-refractivity contribution in [1.29, 1.82) is 0 Å². The number of rotatable bonds is 2. The van der Waals surface area contributed by atoms with E-state index < -0.39 is 12.3 Å². The summed E-state index contributed by atoms with van der Waals surface area (Å²) in [4.78, 5) is 18.9. The van der Waals surface area contributed by atoms with Crippen molar-refractivity contribution in [3.05, 3.63) is 41.5 Å². The predicted molar refractivity (Wildman–Crippen MR) is 73.0 cm³/mol. The molecule has 5 nitrogen and oxygen atoms in total. The van der Waals surface area contributed by atoms with Crippen LogP contribution >= 0.6 is 0 Å². The maximum atomic E-state index is 12.3. The van der Waals surface area contributed by atoms with E-state index in [1.54, 1.807) is 13.1 Å². The van der Waals surface area contributed by atoms with Crippen LogP contribution in [0.2, 0.25) is 0 Å². The van der Waals surface area contributed by atoms with Gasteiger partial charge in [-0.3, -0.25) is 4.79 Å². The molecule has 0 atom stereocenters. The van der Waals surface area contributed by atoms with Gasteiger partial charge in [-0.2, -0.15) is 0 Å². The Morgan fingerprint density at radius 2 is 2.09 bits per heavy atom. The highest BCUT2D eigenvalue weighted by Crippen LogP contribution is 2.36. The number of anilines is 1. The third-order valence-electron chi connectivity index (χ3n) is 3.01. The SMILES string of the molecule is Cc1cnc(C=C2C(=O)Nc3ccc(OC(F)(F)F)cc32)[nH]1. The summed E-state index contributed by atoms with van der Waals surface area (Å²) in [6, 6.07) is 3.68. The van der Waals surface area contributed by atoms with Crippen molar-refractivity contribution in [3.8, 4) is 5.75 Å². The number of aromatic nitrogens is 2. The Kier molecular flexibility index (Phi) is 3.16. The predicted octanol–water partition coefficient (Wildman–Crippen LogP) is 3.11. The minimum Gasteiger partial charge on any atom is -0.406 e. The molecule has 0 unspecified atom stereocenters. The summed E-state index contributed by atoms with van der Waals surface area (Å²) >= 11 is 0. The van der Waals surface area contributed by atoms with E-state index in [1.165, 1.54) is 18.2 Å². The minimum atomic E-state index is -4.79. The van der Waals surface area contributed by atoms with E-state index in [-0.39, 0.29) is 11.3 Å². The lowest BCUT2D eigenvalue weighted by molar-refractivity contribution is -0.274. The van der Waals surface area contributed by atoms with E-state index in [9.17, 15) is 18.0 Å². The Balaban J connectivity index is 2.00. The van der Waals surface area contributed by atoms with Crippen LogP contribution in [-0.2, 0) is 4.79 Å². The first kappa shape index (κ1) is 14.2. The number of nitrogens with zero attached hydrogens (tertiary/aromatic N) is 1. The molecular formula is C14H10F3N3O2. The van der Waals surface area contributed by atoms with Gasteiger partial charge in [-0.15, -0.1) is 13.2 Å². The number of H-pyrrole nitrogens is 1. The maximum Gasteiger partial charge on any atom is 0.573 e. The van der Waals surface area contributed by atoms with Crippen LogP contribution in [0.25, 0.3) is 11.6 Å². The van der Waals surface area contributed by atoms with Crippen LogP contribution in [0.1, 0.15) is 17.1 Å². The van der Waals surface area contributed by atoms with Gasteiger partial charge in [-0.1, -0.05) is 0 Å². The highest BCUT2D eigenvalue weighted by atomic mass is 19.4. The van der Waals surface area contributed by atoms with Crippen LogP contribution in [0.4, 0.5) is 18.9 Å². The Bertz CT molecular complexity index is 778. The first-order valence-electron chi connectivity index (χ1n) is 6.27. The van der Waals surface area contributed by atoms with Gasteiger partial charge < -0.3 is 15.0 Å². The molecule has 0 spiro atoms. The lowest BCUT2D eigenvalue weighted by Crippen LogP contribution is -2.17. The van der Waals surface area contributed by atoms with E-state index in [0.29, 0.717) is 17.1 Å². The Morgan fingerprint density at radius 3 is 2.73 bits per heavy atom. The zero-order chi connectivity index (χ0) is 15.9. The molecule has 1 aromatic carbocycles. The van der Waals surface area contributed by atoms with Gasteiger partial charge in [0.05, 0.1) is 5.57 Å². The molecule has 0 radical (unpaired) electrons. The number of carbonyl (C=O) groups excluding carboxylic acids is 1. The number of aryl methyl sites for hydroxylation is 1.